The van der Waals surface area contributed by atoms with Crippen LogP contribution in [0.4, 0.5) is 11.8 Å². The van der Waals surface area contributed by atoms with Gasteiger partial charge in [-0.1, -0.05) is 17.7 Å². The van der Waals surface area contributed by atoms with Crippen LogP contribution < -0.4 is 10.2 Å². The summed E-state index contributed by atoms with van der Waals surface area (Å²) in [5.41, 5.74) is 1.20. The Labute approximate surface area is 236 Å². The van der Waals surface area contributed by atoms with Gasteiger partial charge in [0.05, 0.1) is 18.8 Å². The second-order valence-corrected chi connectivity index (χ2v) is 14.2. The molecule has 2 N–H and O–H groups in total. The molecule has 210 valence electrons. The monoisotopic (exact) mass is 571 g/mol. The number of benzene rings is 1. The summed E-state index contributed by atoms with van der Waals surface area (Å²) in [7, 11) is -2.36. The van der Waals surface area contributed by atoms with Gasteiger partial charge in [-0.2, -0.15) is 10.2 Å². The molecule has 0 radical (unpaired) electrons. The summed E-state index contributed by atoms with van der Waals surface area (Å²) < 4.78 is 12.3. The van der Waals surface area contributed by atoms with Crippen LogP contribution in [0.25, 0.3) is 0 Å². The minimum absolute atomic E-state index is 0.226. The van der Waals surface area contributed by atoms with E-state index >= 15 is 0 Å². The number of hydrogen-bond acceptors (Lipinski definition) is 9. The van der Waals surface area contributed by atoms with Crippen LogP contribution in [0.3, 0.4) is 0 Å². The molecule has 9 nitrogen and oxygen atoms in total. The molecule has 3 saturated heterocycles. The third kappa shape index (κ3) is 6.18. The Bertz CT molecular complexity index is 1340. The summed E-state index contributed by atoms with van der Waals surface area (Å²) in [5.74, 6) is 6.15. The molecule has 0 saturated carbocycles. The molecule has 3 fully saturated rings. The molecule has 3 atom stereocenters. The number of β-amino-alcohol motifs (C(OH)–C–C–N with tert-alkyl or cyclic N) is 1. The maximum Gasteiger partial charge on any atom is 0.227 e. The van der Waals surface area contributed by atoms with Crippen LogP contribution in [-0.4, -0.2) is 99.7 Å². The highest BCUT2D eigenvalue weighted by Crippen LogP contribution is 2.35. The molecule has 3 unspecified atom stereocenters. The Morgan fingerprint density at radius 3 is 2.72 bits per heavy atom. The number of piperidine rings is 1. The Morgan fingerprint density at radius 1 is 1.28 bits per heavy atom. The second-order valence-electron chi connectivity index (χ2n) is 11.3. The average molecular weight is 572 g/mol. The minimum atomic E-state index is -2.36. The Hall–Kier alpha value is -2.42. The molecule has 0 amide bonds. The number of rotatable bonds is 9. The van der Waals surface area contributed by atoms with Gasteiger partial charge in [0.1, 0.15) is 17.5 Å². The molecule has 0 aliphatic carbocycles. The lowest BCUT2D eigenvalue weighted by Gasteiger charge is -2.51. The SMILES string of the molecule is C=S(C)(=O)c1ccc(C(C)Nc2nc(N3CC(C4CCCN(C5CN(CCO)C5)C4)C3)ncc2C#N)c(Cl)c1. The van der Waals surface area contributed by atoms with E-state index in [-0.39, 0.29) is 12.6 Å². The van der Waals surface area contributed by atoms with Crippen LogP contribution in [0.2, 0.25) is 5.02 Å². The largest absolute Gasteiger partial charge is 0.395 e. The van der Waals surface area contributed by atoms with Gasteiger partial charge in [0, 0.05) is 61.5 Å². The zero-order chi connectivity index (χ0) is 27.7. The lowest BCUT2D eigenvalue weighted by atomic mass is 9.80. The van der Waals surface area contributed by atoms with Crippen molar-refractivity contribution in [2.45, 2.75) is 36.7 Å². The van der Waals surface area contributed by atoms with Gasteiger partial charge in [-0.3, -0.25) is 14.0 Å². The quantitative estimate of drug-likeness (QED) is 0.439. The van der Waals surface area contributed by atoms with Crippen molar-refractivity contribution >= 4 is 38.8 Å². The number of anilines is 2. The Morgan fingerprint density at radius 2 is 2.05 bits per heavy atom. The van der Waals surface area contributed by atoms with Crippen molar-refractivity contribution < 1.29 is 9.32 Å². The lowest BCUT2D eigenvalue weighted by Crippen LogP contribution is -2.63. The first-order chi connectivity index (χ1) is 18.7. The number of nitrogens with zero attached hydrogens (tertiary/aromatic N) is 6. The van der Waals surface area contributed by atoms with Crippen LogP contribution in [0.1, 0.15) is 36.9 Å². The molecule has 2 aromatic rings. The number of nitriles is 1. The Balaban J connectivity index is 1.20. The molecule has 3 aliphatic rings. The van der Waals surface area contributed by atoms with E-state index in [1.807, 2.05) is 13.0 Å². The zero-order valence-corrected chi connectivity index (χ0v) is 24.3. The van der Waals surface area contributed by atoms with Gasteiger partial charge in [0.25, 0.3) is 0 Å². The number of halogens is 1. The standard InChI is InChI=1S/C28H38ClN7O2S/c1-19(25-7-6-24(11-26(25)29)39(2,3)38)32-27-21(12-30)13-31-28(33-27)36-15-22(16-36)20-5-4-8-35(14-20)23-17-34(18-23)9-10-37/h6-7,11,13,19-20,22-23,37H,2,4-5,8-10,14-18H2,1,3H3,(H,31,32,33). The van der Waals surface area contributed by atoms with Crippen molar-refractivity contribution in [1.82, 2.24) is 19.8 Å². The van der Waals surface area contributed by atoms with Crippen molar-refractivity contribution in [3.05, 3.63) is 40.5 Å². The molecule has 0 spiro atoms. The van der Waals surface area contributed by atoms with Gasteiger partial charge in [-0.05, 0) is 71.2 Å². The Kier molecular flexibility index (Phi) is 8.36. The van der Waals surface area contributed by atoms with Gasteiger partial charge in [-0.25, -0.2) is 4.98 Å². The van der Waals surface area contributed by atoms with Crippen LogP contribution in [-0.2, 0) is 9.52 Å². The molecule has 11 heteroatoms. The fourth-order valence-corrected chi connectivity index (χ4v) is 7.09. The number of nitrogens with one attached hydrogen (secondary N) is 1. The second kappa shape index (κ2) is 11.6. The van der Waals surface area contributed by atoms with E-state index in [2.05, 4.69) is 36.9 Å². The van der Waals surface area contributed by atoms with Crippen LogP contribution in [0, 0.1) is 23.2 Å². The average Bonchev–Trinajstić information content (AvgIpc) is 2.85. The van der Waals surface area contributed by atoms with Crippen molar-refractivity contribution in [2.75, 3.05) is 68.9 Å². The molecule has 4 heterocycles. The minimum Gasteiger partial charge on any atom is -0.395 e. The van der Waals surface area contributed by atoms with E-state index in [1.165, 1.54) is 19.4 Å². The molecule has 1 aromatic carbocycles. The third-order valence-corrected chi connectivity index (χ3v) is 9.98. The summed E-state index contributed by atoms with van der Waals surface area (Å²) in [5, 5.41) is 22.7. The summed E-state index contributed by atoms with van der Waals surface area (Å²) in [6.45, 7) is 9.29. The summed E-state index contributed by atoms with van der Waals surface area (Å²) in [6, 6.07) is 7.92. The fraction of sp³-hybridized carbons (Fsp3) is 0.571. The first kappa shape index (κ1) is 28.1. The zero-order valence-electron chi connectivity index (χ0n) is 22.7. The number of hydrogen-bond donors (Lipinski definition) is 2. The maximum absolute atomic E-state index is 12.3. The molecule has 1 aromatic heterocycles. The molecule has 0 bridgehead atoms. The van der Waals surface area contributed by atoms with Crippen molar-refractivity contribution in [3.8, 4) is 6.07 Å². The molecular formula is C28H38ClN7O2S. The van der Waals surface area contributed by atoms with Gasteiger partial charge in [0.2, 0.25) is 5.95 Å². The molecule has 5 rings (SSSR count). The smallest absolute Gasteiger partial charge is 0.227 e. The normalized spacial score (nSPS) is 23.4. The summed E-state index contributed by atoms with van der Waals surface area (Å²) in [4.78, 5) is 17.0. The van der Waals surface area contributed by atoms with Crippen LogP contribution in [0.15, 0.2) is 29.3 Å². The van der Waals surface area contributed by atoms with E-state index in [0.717, 1.165) is 44.8 Å². The highest BCUT2D eigenvalue weighted by Gasteiger charge is 2.40. The predicted octanol–water partition coefficient (Wildman–Crippen LogP) is 2.70. The van der Waals surface area contributed by atoms with Gasteiger partial charge in [0.15, 0.2) is 0 Å². The fourth-order valence-electron chi connectivity index (χ4n) is 5.96. The van der Waals surface area contributed by atoms with Gasteiger partial charge < -0.3 is 15.3 Å². The predicted molar refractivity (Wildman–Crippen MR) is 157 cm³/mol. The van der Waals surface area contributed by atoms with Crippen molar-refractivity contribution in [3.63, 3.8) is 0 Å². The van der Waals surface area contributed by atoms with E-state index in [1.54, 1.807) is 24.6 Å². The third-order valence-electron chi connectivity index (χ3n) is 8.41. The number of aliphatic hydroxyl groups excluding tert-OH is 1. The summed E-state index contributed by atoms with van der Waals surface area (Å²) in [6.07, 6.45) is 5.68. The first-order valence-electron chi connectivity index (χ1n) is 13.6. The highest BCUT2D eigenvalue weighted by molar-refractivity contribution is 7.99. The van der Waals surface area contributed by atoms with E-state index in [9.17, 15) is 9.47 Å². The molecule has 39 heavy (non-hydrogen) atoms. The topological polar surface area (TPSA) is 109 Å². The van der Waals surface area contributed by atoms with Crippen LogP contribution >= 0.6 is 11.6 Å². The van der Waals surface area contributed by atoms with Crippen molar-refractivity contribution in [2.24, 2.45) is 11.8 Å². The molecular weight excluding hydrogens is 534 g/mol. The highest BCUT2D eigenvalue weighted by atomic mass is 35.5. The summed E-state index contributed by atoms with van der Waals surface area (Å²) >= 11 is 6.52. The van der Waals surface area contributed by atoms with E-state index in [0.29, 0.717) is 45.1 Å². The van der Waals surface area contributed by atoms with E-state index in [4.69, 9.17) is 21.7 Å². The lowest BCUT2D eigenvalue weighted by molar-refractivity contribution is -0.00709. The number of likely N-dealkylation sites (tertiary alicyclic amines) is 2. The first-order valence-corrected chi connectivity index (χ1v) is 16.1. The van der Waals surface area contributed by atoms with Gasteiger partial charge >= 0.3 is 0 Å². The number of aromatic nitrogens is 2. The van der Waals surface area contributed by atoms with Crippen LogP contribution in [0.5, 0.6) is 0 Å². The molecule has 3 aliphatic heterocycles. The van der Waals surface area contributed by atoms with Crippen molar-refractivity contribution in [1.29, 1.82) is 5.26 Å². The maximum atomic E-state index is 12.3. The van der Waals surface area contributed by atoms with E-state index < -0.39 is 9.52 Å². The number of aliphatic hydroxyl groups is 1. The van der Waals surface area contributed by atoms with Gasteiger partial charge in [-0.15, -0.1) is 0 Å².